The molecule has 0 heterocycles. The number of hydrogen-bond acceptors (Lipinski definition) is 4. The van der Waals surface area contributed by atoms with Gasteiger partial charge < -0.3 is 20.4 Å². The molecule has 4 nitrogen and oxygen atoms in total. The summed E-state index contributed by atoms with van der Waals surface area (Å²) in [6.45, 7) is 0. The summed E-state index contributed by atoms with van der Waals surface area (Å²) in [5, 5.41) is 36.2. The van der Waals surface area contributed by atoms with E-state index in [-0.39, 0.29) is 26.2 Å². The second-order valence-corrected chi connectivity index (χ2v) is 5.75. The minimum absolute atomic E-state index is 0. The fourth-order valence-corrected chi connectivity index (χ4v) is 0.515. The largest absolute Gasteiger partial charge is 4.00 e. The van der Waals surface area contributed by atoms with Gasteiger partial charge in [0.15, 0.2) is 0 Å². The normalized spacial score (nSPS) is 16.7. The van der Waals surface area contributed by atoms with E-state index in [0.29, 0.717) is 0 Å². The number of halogens is 24. The first kappa shape index (κ1) is 49.7. The molecule has 248 valence electrons. The van der Waals surface area contributed by atoms with Crippen LogP contribution in [-0.2, 0) is 26.2 Å². The number of alkyl halides is 24. The Hall–Kier alpha value is -0.957. The monoisotopic (exact) mass is 758 g/mol. The summed E-state index contributed by atoms with van der Waals surface area (Å²) >= 11 is 0. The van der Waals surface area contributed by atoms with Gasteiger partial charge in [-0.25, -0.2) is 0 Å². The maximum absolute atomic E-state index is 11.2. The Kier molecular flexibility index (Phi) is 19.7. The standard InChI is InChI=1S/4C3HF6O.Zr/c4*4-1(10)2(5,6)3(7,8)9;/h4*1H;/q4*-1;+4. The van der Waals surface area contributed by atoms with Crippen molar-refractivity contribution in [2.45, 2.75) is 73.8 Å². The summed E-state index contributed by atoms with van der Waals surface area (Å²) < 4.78 is 264. The smallest absolute Gasteiger partial charge is 0.822 e. The van der Waals surface area contributed by atoms with Crippen LogP contribution in [0.15, 0.2) is 0 Å². The summed E-state index contributed by atoms with van der Waals surface area (Å²) in [4.78, 5) is 0. The fraction of sp³-hybridized carbons (Fsp3) is 1.00. The van der Waals surface area contributed by atoms with Crippen molar-refractivity contribution in [3.05, 3.63) is 0 Å². The second kappa shape index (κ2) is 16.2. The first-order chi connectivity index (χ1) is 16.8. The molecule has 4 atom stereocenters. The Morgan fingerprint density at radius 2 is 0.341 bits per heavy atom. The van der Waals surface area contributed by atoms with Gasteiger partial charge in [0.05, 0.1) is 0 Å². The molecule has 0 aliphatic rings. The Bertz CT molecular complexity index is 585. The molecule has 4 unspecified atom stereocenters. The molecule has 0 bridgehead atoms. The van der Waals surface area contributed by atoms with Crippen LogP contribution >= 0.6 is 0 Å². The van der Waals surface area contributed by atoms with Gasteiger partial charge in [-0.1, -0.05) is 0 Å². The van der Waals surface area contributed by atoms with Crippen molar-refractivity contribution in [2.75, 3.05) is 0 Å². The van der Waals surface area contributed by atoms with Gasteiger partial charge in [0.25, 0.3) is 0 Å². The van der Waals surface area contributed by atoms with Crippen molar-refractivity contribution in [1.29, 1.82) is 0 Å². The van der Waals surface area contributed by atoms with E-state index in [2.05, 4.69) is 0 Å². The maximum Gasteiger partial charge on any atom is 4.00 e. The van der Waals surface area contributed by atoms with Crippen LogP contribution in [0.4, 0.5) is 105 Å². The minimum atomic E-state index is -6.10. The third-order valence-electron chi connectivity index (χ3n) is 2.65. The second-order valence-electron chi connectivity index (χ2n) is 5.75. The van der Waals surface area contributed by atoms with E-state index in [1.807, 2.05) is 0 Å². The van der Waals surface area contributed by atoms with Crippen LogP contribution in [0.1, 0.15) is 0 Å². The molecular formula is C12H4F24O4Zr. The summed E-state index contributed by atoms with van der Waals surface area (Å²) in [7, 11) is 0. The first-order valence-electron chi connectivity index (χ1n) is 7.75. The molecule has 0 radical (unpaired) electrons. The average molecular weight is 759 g/mol. The summed E-state index contributed by atoms with van der Waals surface area (Å²) in [5.74, 6) is -23.1. The van der Waals surface area contributed by atoms with Gasteiger partial charge in [0.2, 0.25) is 0 Å². The molecule has 0 saturated carbocycles. The van der Waals surface area contributed by atoms with Crippen molar-refractivity contribution in [3.63, 3.8) is 0 Å². The molecule has 0 aromatic rings. The zero-order valence-corrected chi connectivity index (χ0v) is 20.0. The molecule has 0 spiro atoms. The van der Waals surface area contributed by atoms with Crippen LogP contribution in [0, 0.1) is 0 Å². The molecule has 0 saturated heterocycles. The molecule has 0 aromatic heterocycles. The van der Waals surface area contributed by atoms with E-state index >= 15 is 0 Å². The van der Waals surface area contributed by atoms with Crippen LogP contribution in [0.3, 0.4) is 0 Å². The number of hydrogen-bond donors (Lipinski definition) is 0. The van der Waals surface area contributed by atoms with Crippen LogP contribution in [0.5, 0.6) is 0 Å². The molecule has 0 aliphatic heterocycles. The Labute approximate surface area is 226 Å². The van der Waals surface area contributed by atoms with Gasteiger partial charge in [-0.05, 0) is 0 Å². The molecule has 0 N–H and O–H groups in total. The van der Waals surface area contributed by atoms with Crippen molar-refractivity contribution in [3.8, 4) is 0 Å². The third kappa shape index (κ3) is 15.4. The van der Waals surface area contributed by atoms with E-state index in [1.54, 1.807) is 0 Å². The molecule has 0 aliphatic carbocycles. The Morgan fingerprint density at radius 1 is 0.268 bits per heavy atom. The van der Waals surface area contributed by atoms with Gasteiger partial charge >= 0.3 is 74.6 Å². The van der Waals surface area contributed by atoms with Crippen molar-refractivity contribution in [2.24, 2.45) is 0 Å². The number of rotatable bonds is 4. The zero-order chi connectivity index (χ0) is 34.3. The Morgan fingerprint density at radius 3 is 0.341 bits per heavy atom. The third-order valence-corrected chi connectivity index (χ3v) is 2.65. The quantitative estimate of drug-likeness (QED) is 0.412. The van der Waals surface area contributed by atoms with Crippen LogP contribution in [0.2, 0.25) is 0 Å². The summed E-state index contributed by atoms with van der Waals surface area (Å²) in [6, 6.07) is 0. The van der Waals surface area contributed by atoms with Crippen LogP contribution in [0.25, 0.3) is 0 Å². The topological polar surface area (TPSA) is 92.2 Å². The predicted octanol–water partition coefficient (Wildman–Crippen LogP) is 3.36. The van der Waals surface area contributed by atoms with Crippen LogP contribution in [-0.4, -0.2) is 73.8 Å². The molecule has 0 fully saturated rings. The summed E-state index contributed by atoms with van der Waals surface area (Å²) in [5.41, 5.74) is 0. The van der Waals surface area contributed by atoms with Gasteiger partial charge in [0.1, 0.15) is 25.4 Å². The molecule has 41 heavy (non-hydrogen) atoms. The van der Waals surface area contributed by atoms with Gasteiger partial charge in [0, 0.05) is 0 Å². The van der Waals surface area contributed by atoms with E-state index < -0.39 is 73.8 Å². The van der Waals surface area contributed by atoms with E-state index in [4.69, 9.17) is 20.4 Å². The van der Waals surface area contributed by atoms with Crippen LogP contribution < -0.4 is 20.4 Å². The zero-order valence-electron chi connectivity index (χ0n) is 17.5. The molecule has 29 heteroatoms. The molecular weight excluding hydrogens is 755 g/mol. The Balaban J connectivity index is -0.000000139. The molecule has 0 rings (SSSR count). The van der Waals surface area contributed by atoms with Gasteiger partial charge in [-0.15, -0.1) is 0 Å². The molecule has 0 amide bonds. The molecule has 0 aromatic carbocycles. The fourth-order valence-electron chi connectivity index (χ4n) is 0.515. The van der Waals surface area contributed by atoms with Crippen molar-refractivity contribution >= 4 is 0 Å². The van der Waals surface area contributed by atoms with Crippen molar-refractivity contribution in [1.82, 2.24) is 0 Å². The van der Waals surface area contributed by atoms with E-state index in [9.17, 15) is 105 Å². The average Bonchev–Trinajstić information content (AvgIpc) is 2.65. The van der Waals surface area contributed by atoms with Gasteiger partial charge in [-0.2, -0.15) is 87.8 Å². The van der Waals surface area contributed by atoms with E-state index in [0.717, 1.165) is 0 Å². The predicted molar refractivity (Wildman–Crippen MR) is 63.6 cm³/mol. The first-order valence-corrected chi connectivity index (χ1v) is 7.75. The van der Waals surface area contributed by atoms with Gasteiger partial charge in [-0.3, -0.25) is 17.6 Å². The minimum Gasteiger partial charge on any atom is -0.822 e. The maximum atomic E-state index is 11.2. The van der Waals surface area contributed by atoms with Crippen molar-refractivity contribution < 1.29 is 152 Å². The van der Waals surface area contributed by atoms with E-state index in [1.165, 1.54) is 0 Å². The SMILES string of the molecule is [O-]C(F)C(F)(F)C(F)(F)F.[O-]C(F)C(F)(F)C(F)(F)F.[O-]C(F)C(F)(F)C(F)(F)F.[O-]C(F)C(F)(F)C(F)(F)F.[Zr+4]. The summed E-state index contributed by atoms with van der Waals surface area (Å²) in [6.07, 6.45) is -42.2.